The van der Waals surface area contributed by atoms with E-state index in [0.29, 0.717) is 28.4 Å². The zero-order valence-corrected chi connectivity index (χ0v) is 11.9. The number of benzene rings is 2. The molecule has 0 aliphatic carbocycles. The molecule has 0 atom stereocenters. The van der Waals surface area contributed by atoms with Gasteiger partial charge in [-0.15, -0.1) is 0 Å². The van der Waals surface area contributed by atoms with Gasteiger partial charge in [0.1, 0.15) is 0 Å². The van der Waals surface area contributed by atoms with E-state index >= 15 is 0 Å². The fourth-order valence-corrected chi connectivity index (χ4v) is 3.17. The van der Waals surface area contributed by atoms with Gasteiger partial charge < -0.3 is 15.0 Å². The summed E-state index contributed by atoms with van der Waals surface area (Å²) in [6.07, 6.45) is 0. The number of nitrogens with one attached hydrogen (secondary N) is 1. The lowest BCUT2D eigenvalue weighted by Crippen LogP contribution is -2.42. The molecule has 0 aromatic heterocycles. The lowest BCUT2D eigenvalue weighted by atomic mass is 10.1. The number of fused-ring (bicyclic) bond motifs is 2. The predicted octanol–water partition coefficient (Wildman–Crippen LogP) is 1.88. The molecule has 0 radical (unpaired) electrons. The Morgan fingerprint density at radius 2 is 2.00 bits per heavy atom. The topological polar surface area (TPSA) is 95.9 Å². The average Bonchev–Trinajstić information content (AvgIpc) is 2.48. The lowest BCUT2D eigenvalue weighted by molar-refractivity contribution is 0.0948. The first-order valence-electron chi connectivity index (χ1n) is 6.43. The maximum Gasteiger partial charge on any atom is 0.294 e. The molecule has 0 saturated carbocycles. The number of carbonyl (C=O) groups excluding carboxylic acids is 1. The number of carbonyl (C=O) groups is 1. The average molecular weight is 318 g/mol. The summed E-state index contributed by atoms with van der Waals surface area (Å²) in [7, 11) is -4.32. The van der Waals surface area contributed by atoms with Gasteiger partial charge >= 0.3 is 0 Å². The summed E-state index contributed by atoms with van der Waals surface area (Å²) >= 11 is 0. The van der Waals surface area contributed by atoms with Crippen molar-refractivity contribution in [1.29, 1.82) is 0 Å². The van der Waals surface area contributed by atoms with Gasteiger partial charge in [-0.3, -0.25) is 9.35 Å². The van der Waals surface area contributed by atoms with E-state index in [4.69, 9.17) is 4.74 Å². The van der Waals surface area contributed by atoms with E-state index in [9.17, 15) is 17.8 Å². The lowest BCUT2D eigenvalue weighted by Gasteiger charge is -2.37. The highest BCUT2D eigenvalue weighted by Crippen LogP contribution is 2.49. The summed E-state index contributed by atoms with van der Waals surface area (Å²) in [5.74, 6) is 0.763. The molecular formula is C14H10N2O5S. The van der Waals surface area contributed by atoms with Gasteiger partial charge in [0, 0.05) is 0 Å². The van der Waals surface area contributed by atoms with Crippen molar-refractivity contribution in [3.8, 4) is 11.5 Å². The van der Waals surface area contributed by atoms with Crippen molar-refractivity contribution in [1.82, 2.24) is 5.32 Å². The van der Waals surface area contributed by atoms with Crippen LogP contribution in [0.3, 0.4) is 0 Å². The molecule has 7 nitrogen and oxygen atoms in total. The van der Waals surface area contributed by atoms with Crippen molar-refractivity contribution in [2.75, 3.05) is 11.6 Å². The third-order valence-electron chi connectivity index (χ3n) is 3.65. The number of hydrogen-bond acceptors (Lipinski definition) is 5. The molecule has 0 bridgehead atoms. The molecule has 2 aliphatic heterocycles. The van der Waals surface area contributed by atoms with Gasteiger partial charge in [-0.2, -0.15) is 8.42 Å². The number of hydrogen-bond donors (Lipinski definition) is 2. The minimum atomic E-state index is -4.32. The van der Waals surface area contributed by atoms with E-state index in [0.717, 1.165) is 0 Å². The summed E-state index contributed by atoms with van der Waals surface area (Å²) in [5, 5.41) is 2.72. The molecule has 2 aromatic rings. The van der Waals surface area contributed by atoms with Crippen molar-refractivity contribution >= 4 is 27.4 Å². The van der Waals surface area contributed by atoms with Crippen LogP contribution in [0.5, 0.6) is 11.5 Å². The van der Waals surface area contributed by atoms with Crippen molar-refractivity contribution in [3.63, 3.8) is 0 Å². The molecule has 22 heavy (non-hydrogen) atoms. The van der Waals surface area contributed by atoms with Gasteiger partial charge in [-0.25, -0.2) is 0 Å². The maximum absolute atomic E-state index is 11.9. The van der Waals surface area contributed by atoms with Crippen LogP contribution in [0.25, 0.3) is 0 Å². The van der Waals surface area contributed by atoms with Gasteiger partial charge in [-0.1, -0.05) is 6.07 Å². The number of para-hydroxylation sites is 1. The Labute approximate surface area is 125 Å². The Kier molecular flexibility index (Phi) is 2.51. The van der Waals surface area contributed by atoms with E-state index < -0.39 is 10.1 Å². The van der Waals surface area contributed by atoms with Crippen LogP contribution < -0.4 is 15.0 Å². The van der Waals surface area contributed by atoms with Gasteiger partial charge in [0.05, 0.1) is 28.5 Å². The summed E-state index contributed by atoms with van der Waals surface area (Å²) < 4.78 is 37.6. The first kappa shape index (κ1) is 13.1. The SMILES string of the molecule is O=C1NCN2c3cc(S(=O)(=O)O)ccc3Oc3cccc1c32. The highest BCUT2D eigenvalue weighted by atomic mass is 32.2. The largest absolute Gasteiger partial charge is 0.453 e. The maximum atomic E-state index is 11.9. The monoisotopic (exact) mass is 318 g/mol. The zero-order chi connectivity index (χ0) is 15.5. The molecule has 1 amide bonds. The molecule has 2 aromatic carbocycles. The van der Waals surface area contributed by atoms with Gasteiger partial charge in [-0.05, 0) is 30.3 Å². The van der Waals surface area contributed by atoms with Gasteiger partial charge in [0.2, 0.25) is 0 Å². The summed E-state index contributed by atoms with van der Waals surface area (Å²) in [6.45, 7) is 0.189. The van der Waals surface area contributed by atoms with Gasteiger partial charge in [0.25, 0.3) is 16.0 Å². The first-order chi connectivity index (χ1) is 10.4. The molecule has 0 fully saturated rings. The molecule has 4 rings (SSSR count). The fraction of sp³-hybridized carbons (Fsp3) is 0.0714. The molecule has 2 N–H and O–H groups in total. The van der Waals surface area contributed by atoms with Crippen molar-refractivity contribution in [2.45, 2.75) is 4.90 Å². The van der Waals surface area contributed by atoms with E-state index in [-0.39, 0.29) is 17.5 Å². The van der Waals surface area contributed by atoms with E-state index in [1.807, 2.05) is 0 Å². The fourth-order valence-electron chi connectivity index (χ4n) is 2.67. The summed E-state index contributed by atoms with van der Waals surface area (Å²) in [6, 6.07) is 9.19. The molecule has 2 aliphatic rings. The van der Waals surface area contributed by atoms with Crippen LogP contribution in [-0.2, 0) is 10.1 Å². The van der Waals surface area contributed by atoms with Crippen LogP contribution in [0.2, 0.25) is 0 Å². The second-order valence-electron chi connectivity index (χ2n) is 4.95. The predicted molar refractivity (Wildman–Crippen MR) is 77.2 cm³/mol. The normalized spacial score (nSPS) is 15.5. The quantitative estimate of drug-likeness (QED) is 0.779. The summed E-state index contributed by atoms with van der Waals surface area (Å²) in [4.78, 5) is 13.5. The van der Waals surface area contributed by atoms with Crippen LogP contribution in [0.1, 0.15) is 10.4 Å². The van der Waals surface area contributed by atoms with E-state index in [1.54, 1.807) is 23.1 Å². The molecule has 0 spiro atoms. The number of amides is 1. The van der Waals surface area contributed by atoms with E-state index in [2.05, 4.69) is 5.32 Å². The second-order valence-corrected chi connectivity index (χ2v) is 6.37. The molecule has 0 unspecified atom stereocenters. The zero-order valence-electron chi connectivity index (χ0n) is 11.1. The highest BCUT2D eigenvalue weighted by Gasteiger charge is 2.33. The molecule has 0 saturated heterocycles. The number of rotatable bonds is 1. The Hall–Kier alpha value is -2.58. The Balaban J connectivity index is 1.95. The number of ether oxygens (including phenoxy) is 1. The van der Waals surface area contributed by atoms with Crippen molar-refractivity contribution in [2.24, 2.45) is 0 Å². The number of anilines is 2. The molecular weight excluding hydrogens is 308 g/mol. The molecule has 2 heterocycles. The highest BCUT2D eigenvalue weighted by molar-refractivity contribution is 7.85. The third-order valence-corrected chi connectivity index (χ3v) is 4.50. The van der Waals surface area contributed by atoms with Gasteiger partial charge in [0.15, 0.2) is 11.5 Å². The smallest absolute Gasteiger partial charge is 0.294 e. The van der Waals surface area contributed by atoms with Crippen molar-refractivity contribution in [3.05, 3.63) is 42.0 Å². The Bertz CT molecular complexity index is 923. The Morgan fingerprint density at radius 3 is 2.77 bits per heavy atom. The Morgan fingerprint density at radius 1 is 1.18 bits per heavy atom. The minimum absolute atomic E-state index is 0.189. The van der Waals surface area contributed by atoms with Crippen LogP contribution in [0.15, 0.2) is 41.3 Å². The third kappa shape index (κ3) is 1.78. The minimum Gasteiger partial charge on any atom is -0.453 e. The van der Waals surface area contributed by atoms with Crippen LogP contribution >= 0.6 is 0 Å². The van der Waals surface area contributed by atoms with Crippen LogP contribution in [-0.4, -0.2) is 25.5 Å². The molecule has 112 valence electrons. The second kappa shape index (κ2) is 4.21. The van der Waals surface area contributed by atoms with Crippen LogP contribution in [0.4, 0.5) is 11.4 Å². The van der Waals surface area contributed by atoms with Crippen molar-refractivity contribution < 1.29 is 22.5 Å². The first-order valence-corrected chi connectivity index (χ1v) is 7.87. The van der Waals surface area contributed by atoms with E-state index in [1.165, 1.54) is 18.2 Å². The summed E-state index contributed by atoms with van der Waals surface area (Å²) in [5.41, 5.74) is 1.51. The van der Waals surface area contributed by atoms with Crippen LogP contribution in [0, 0.1) is 0 Å². The standard InChI is InChI=1S/C14H10N2O5S/c17-14-9-2-1-3-12-13(9)16(7-15-14)10-6-8(22(18,19)20)4-5-11(10)21-12/h1-6H,7H2,(H,15,17)(H,18,19,20). The molecule has 8 heteroatoms. The number of nitrogens with zero attached hydrogens (tertiary/aromatic N) is 1.